The highest BCUT2D eigenvalue weighted by Gasteiger charge is 2.67. The number of amides is 2. The summed E-state index contributed by atoms with van der Waals surface area (Å²) in [4.78, 5) is 26.8. The third-order valence-electron chi connectivity index (χ3n) is 7.66. The van der Waals surface area contributed by atoms with E-state index in [4.69, 9.17) is 0 Å². The Morgan fingerprint density at radius 1 is 1.33 bits per heavy atom. The molecule has 0 aromatic carbocycles. The molecule has 2 heterocycles. The summed E-state index contributed by atoms with van der Waals surface area (Å²) in [7, 11) is 1.54. The van der Waals surface area contributed by atoms with E-state index in [0.29, 0.717) is 23.0 Å². The number of nitrogens with one attached hydrogen (secondary N) is 1. The standard InChI is InChI=1S/C23H29FN4O2/c1-15-9-22(11-16-12-23(16,10-15)13-22)14-25-20(29)17-4-3-6-28-19(17)8-18(26-28)21(30)27(2)7-5-24/h3-4,6,8,15-16H,5,7,9-14H2,1-2H3,(H,25,29). The largest absolute Gasteiger partial charge is 0.351 e. The molecule has 2 amide bonds. The lowest BCUT2D eigenvalue weighted by Crippen LogP contribution is -2.40. The van der Waals surface area contributed by atoms with Crippen molar-refractivity contribution in [2.75, 3.05) is 26.8 Å². The number of hydrogen-bond donors (Lipinski definition) is 1. The van der Waals surface area contributed by atoms with Gasteiger partial charge in [0, 0.05) is 26.3 Å². The van der Waals surface area contributed by atoms with Crippen LogP contribution in [-0.4, -0.2) is 53.1 Å². The van der Waals surface area contributed by atoms with E-state index in [1.807, 2.05) is 0 Å². The fraction of sp³-hybridized carbons (Fsp3) is 0.609. The third kappa shape index (κ3) is 3.10. The van der Waals surface area contributed by atoms with Gasteiger partial charge < -0.3 is 10.2 Å². The van der Waals surface area contributed by atoms with Gasteiger partial charge in [0.05, 0.1) is 11.1 Å². The smallest absolute Gasteiger partial charge is 0.274 e. The first kappa shape index (κ1) is 19.5. The number of fused-ring (bicyclic) bond motifs is 2. The quantitative estimate of drug-likeness (QED) is 0.792. The van der Waals surface area contributed by atoms with Crippen LogP contribution in [0.2, 0.25) is 0 Å². The molecular weight excluding hydrogens is 383 g/mol. The Morgan fingerprint density at radius 2 is 2.17 bits per heavy atom. The number of halogens is 1. The topological polar surface area (TPSA) is 66.7 Å². The summed E-state index contributed by atoms with van der Waals surface area (Å²) in [6.45, 7) is 2.48. The number of aromatic nitrogens is 2. The second-order valence-corrected chi connectivity index (χ2v) is 10.0. The molecule has 0 aliphatic heterocycles. The summed E-state index contributed by atoms with van der Waals surface area (Å²) in [5.41, 5.74) is 2.14. The van der Waals surface area contributed by atoms with Gasteiger partial charge in [0.1, 0.15) is 6.67 Å². The molecule has 6 nitrogen and oxygen atoms in total. The average molecular weight is 413 g/mol. The number of carbonyl (C=O) groups is 2. The maximum atomic E-state index is 13.1. The first-order valence-electron chi connectivity index (χ1n) is 10.9. The van der Waals surface area contributed by atoms with Gasteiger partial charge in [-0.2, -0.15) is 5.10 Å². The maximum absolute atomic E-state index is 13.1. The van der Waals surface area contributed by atoms with Crippen LogP contribution in [0.15, 0.2) is 24.4 Å². The predicted octanol–water partition coefficient (Wildman–Crippen LogP) is 3.32. The number of alkyl halides is 1. The van der Waals surface area contributed by atoms with Gasteiger partial charge in [-0.05, 0) is 73.0 Å². The van der Waals surface area contributed by atoms with Crippen molar-refractivity contribution in [3.63, 3.8) is 0 Å². The van der Waals surface area contributed by atoms with Crippen LogP contribution in [0.1, 0.15) is 59.9 Å². The van der Waals surface area contributed by atoms with Crippen molar-refractivity contribution in [1.29, 1.82) is 0 Å². The Morgan fingerprint density at radius 3 is 2.97 bits per heavy atom. The first-order valence-corrected chi connectivity index (χ1v) is 10.9. The summed E-state index contributed by atoms with van der Waals surface area (Å²) < 4.78 is 14.1. The zero-order valence-electron chi connectivity index (χ0n) is 17.7. The third-order valence-corrected chi connectivity index (χ3v) is 7.66. The molecule has 4 unspecified atom stereocenters. The van der Waals surface area contributed by atoms with E-state index in [-0.39, 0.29) is 29.5 Å². The van der Waals surface area contributed by atoms with Crippen LogP contribution >= 0.6 is 0 Å². The van der Waals surface area contributed by atoms with E-state index in [2.05, 4.69) is 17.3 Å². The fourth-order valence-corrected chi connectivity index (χ4v) is 6.57. The molecule has 0 saturated heterocycles. The number of rotatable bonds is 6. The summed E-state index contributed by atoms with van der Waals surface area (Å²) in [6.07, 6.45) is 8.15. The minimum Gasteiger partial charge on any atom is -0.351 e. The second-order valence-electron chi connectivity index (χ2n) is 10.0. The SMILES string of the molecule is CC1CC2(CNC(=O)c3cccn4nc(C(=O)N(C)CCF)cc34)CC3CC3(C1)C2. The van der Waals surface area contributed by atoms with Crippen LogP contribution < -0.4 is 5.32 Å². The highest BCUT2D eigenvalue weighted by Crippen LogP contribution is 2.75. The van der Waals surface area contributed by atoms with E-state index in [9.17, 15) is 14.0 Å². The monoisotopic (exact) mass is 412 g/mol. The molecule has 3 saturated carbocycles. The van der Waals surface area contributed by atoms with Crippen molar-refractivity contribution in [2.45, 2.75) is 39.0 Å². The molecule has 2 bridgehead atoms. The maximum Gasteiger partial charge on any atom is 0.274 e. The predicted molar refractivity (Wildman–Crippen MR) is 111 cm³/mol. The van der Waals surface area contributed by atoms with Crippen LogP contribution in [0, 0.1) is 22.7 Å². The van der Waals surface area contributed by atoms with Crippen molar-refractivity contribution in [3.8, 4) is 0 Å². The van der Waals surface area contributed by atoms with Crippen molar-refractivity contribution in [2.24, 2.45) is 22.7 Å². The molecule has 30 heavy (non-hydrogen) atoms. The Hall–Kier alpha value is -2.44. The van der Waals surface area contributed by atoms with Gasteiger partial charge >= 0.3 is 0 Å². The Bertz CT molecular complexity index is 1020. The number of carbonyl (C=O) groups excluding carboxylic acids is 2. The second kappa shape index (κ2) is 6.79. The average Bonchev–Trinajstić information content (AvgIpc) is 3.07. The van der Waals surface area contributed by atoms with E-state index in [1.54, 1.807) is 36.0 Å². The van der Waals surface area contributed by atoms with Crippen LogP contribution in [0.3, 0.4) is 0 Å². The van der Waals surface area contributed by atoms with Crippen LogP contribution in [0.25, 0.3) is 5.52 Å². The fourth-order valence-electron chi connectivity index (χ4n) is 6.57. The van der Waals surface area contributed by atoms with Gasteiger partial charge in [0.25, 0.3) is 11.8 Å². The zero-order chi connectivity index (χ0) is 21.1. The first-order chi connectivity index (χ1) is 14.3. The lowest BCUT2D eigenvalue weighted by molar-refractivity contribution is 0.0779. The summed E-state index contributed by atoms with van der Waals surface area (Å²) in [5.74, 6) is 1.12. The van der Waals surface area contributed by atoms with Gasteiger partial charge in [0.2, 0.25) is 0 Å². The Balaban J connectivity index is 1.33. The summed E-state index contributed by atoms with van der Waals surface area (Å²) >= 11 is 0. The molecule has 1 N–H and O–H groups in total. The molecular formula is C23H29FN4O2. The van der Waals surface area contributed by atoms with Crippen molar-refractivity contribution < 1.29 is 14.0 Å². The van der Waals surface area contributed by atoms with Gasteiger partial charge in [-0.1, -0.05) is 6.92 Å². The van der Waals surface area contributed by atoms with Gasteiger partial charge in [-0.25, -0.2) is 8.91 Å². The lowest BCUT2D eigenvalue weighted by Gasteiger charge is -2.40. The normalized spacial score (nSPS) is 31.4. The molecule has 2 aromatic heterocycles. The molecule has 3 aliphatic carbocycles. The molecule has 3 aliphatic rings. The molecule has 7 heteroatoms. The van der Waals surface area contributed by atoms with E-state index in [0.717, 1.165) is 11.8 Å². The highest BCUT2D eigenvalue weighted by molar-refractivity contribution is 6.02. The number of pyridine rings is 1. The van der Waals surface area contributed by atoms with Crippen molar-refractivity contribution >= 4 is 17.3 Å². The lowest BCUT2D eigenvalue weighted by atomic mass is 9.67. The number of hydrogen-bond acceptors (Lipinski definition) is 3. The van der Waals surface area contributed by atoms with E-state index < -0.39 is 6.67 Å². The van der Waals surface area contributed by atoms with E-state index >= 15 is 0 Å². The Kier molecular flexibility index (Phi) is 4.42. The van der Waals surface area contributed by atoms with Crippen LogP contribution in [-0.2, 0) is 0 Å². The van der Waals surface area contributed by atoms with Gasteiger partial charge in [-0.15, -0.1) is 0 Å². The summed E-state index contributed by atoms with van der Waals surface area (Å²) in [6, 6.07) is 5.14. The minimum absolute atomic E-state index is 0.0169. The Labute approximate surface area is 175 Å². The molecule has 160 valence electrons. The zero-order valence-corrected chi connectivity index (χ0v) is 17.7. The summed E-state index contributed by atoms with van der Waals surface area (Å²) in [5, 5.41) is 7.49. The molecule has 3 fully saturated rings. The van der Waals surface area contributed by atoms with Crippen LogP contribution in [0.5, 0.6) is 0 Å². The molecule has 5 rings (SSSR count). The molecule has 0 radical (unpaired) electrons. The van der Waals surface area contributed by atoms with Crippen molar-refractivity contribution in [3.05, 3.63) is 35.7 Å². The molecule has 2 aromatic rings. The van der Waals surface area contributed by atoms with Crippen molar-refractivity contribution in [1.82, 2.24) is 19.8 Å². The van der Waals surface area contributed by atoms with Gasteiger partial charge in [0.15, 0.2) is 5.69 Å². The molecule has 4 atom stereocenters. The molecule has 1 spiro atoms. The van der Waals surface area contributed by atoms with Crippen LogP contribution in [0.4, 0.5) is 4.39 Å². The van der Waals surface area contributed by atoms with Gasteiger partial charge in [-0.3, -0.25) is 9.59 Å². The number of nitrogens with zero attached hydrogens (tertiary/aromatic N) is 3. The van der Waals surface area contributed by atoms with E-state index in [1.165, 1.54) is 37.0 Å². The minimum atomic E-state index is -0.605. The highest BCUT2D eigenvalue weighted by atomic mass is 19.1.